The number of rotatable bonds is 7. The summed E-state index contributed by atoms with van der Waals surface area (Å²) in [7, 11) is 0. The van der Waals surface area contributed by atoms with Crippen LogP contribution < -0.4 is 10.6 Å². The van der Waals surface area contributed by atoms with Crippen LogP contribution in [0.4, 0.5) is 10.5 Å². The summed E-state index contributed by atoms with van der Waals surface area (Å²) in [6, 6.07) is 6.30. The van der Waals surface area contributed by atoms with Gasteiger partial charge in [-0.15, -0.1) is 0 Å². The average molecular weight is 294 g/mol. The number of hydrogen-bond donors (Lipinski definition) is 3. The Balaban J connectivity index is 2.39. The van der Waals surface area contributed by atoms with E-state index in [2.05, 4.69) is 15.4 Å². The van der Waals surface area contributed by atoms with Crippen molar-refractivity contribution in [2.24, 2.45) is 0 Å². The lowest BCUT2D eigenvalue weighted by Gasteiger charge is -2.08. The highest BCUT2D eigenvalue weighted by molar-refractivity contribution is 5.91. The van der Waals surface area contributed by atoms with Crippen LogP contribution in [0.25, 0.3) is 0 Å². The second-order valence-electron chi connectivity index (χ2n) is 4.20. The normalized spacial score (nSPS) is 9.76. The Morgan fingerprint density at radius 1 is 1.19 bits per heavy atom. The number of aryl methyl sites for hydroxylation is 1. The molecule has 3 N–H and O–H groups in total. The summed E-state index contributed by atoms with van der Waals surface area (Å²) >= 11 is 0. The molecular weight excluding hydrogens is 276 g/mol. The minimum Gasteiger partial charge on any atom is -0.481 e. The molecule has 0 radical (unpaired) electrons. The van der Waals surface area contributed by atoms with Crippen LogP contribution in [-0.2, 0) is 20.7 Å². The van der Waals surface area contributed by atoms with Gasteiger partial charge in [-0.2, -0.15) is 0 Å². The number of esters is 1. The predicted octanol–water partition coefficient (Wildman–Crippen LogP) is 1.39. The molecule has 0 aliphatic carbocycles. The number of ether oxygens (including phenoxy) is 1. The second kappa shape index (κ2) is 8.57. The van der Waals surface area contributed by atoms with Crippen LogP contribution in [0.2, 0.25) is 0 Å². The van der Waals surface area contributed by atoms with Gasteiger partial charge in [0.1, 0.15) is 6.54 Å². The molecule has 7 nitrogen and oxygen atoms in total. The molecule has 0 heterocycles. The Bertz CT molecular complexity index is 499. The fraction of sp³-hybridized carbons (Fsp3) is 0.357. The zero-order chi connectivity index (χ0) is 15.7. The Morgan fingerprint density at radius 2 is 1.86 bits per heavy atom. The Kier molecular flexibility index (Phi) is 6.73. The third kappa shape index (κ3) is 6.95. The summed E-state index contributed by atoms with van der Waals surface area (Å²) in [5, 5.41) is 13.5. The van der Waals surface area contributed by atoms with Gasteiger partial charge in [0.05, 0.1) is 6.61 Å². The molecule has 2 amide bonds. The molecule has 1 aromatic carbocycles. The van der Waals surface area contributed by atoms with Crippen molar-refractivity contribution < 1.29 is 24.2 Å². The Morgan fingerprint density at radius 3 is 2.43 bits per heavy atom. The smallest absolute Gasteiger partial charge is 0.325 e. The van der Waals surface area contributed by atoms with Crippen LogP contribution in [0.5, 0.6) is 0 Å². The predicted molar refractivity (Wildman–Crippen MR) is 76.1 cm³/mol. The lowest BCUT2D eigenvalue weighted by molar-refractivity contribution is -0.141. The lowest BCUT2D eigenvalue weighted by Crippen LogP contribution is -2.34. The molecule has 0 atom stereocenters. The highest BCUT2D eigenvalue weighted by atomic mass is 16.5. The number of carboxylic acid groups (broad SMARTS) is 1. The molecule has 1 aromatic rings. The van der Waals surface area contributed by atoms with E-state index in [1.165, 1.54) is 0 Å². The molecule has 0 unspecified atom stereocenters. The number of nitrogens with one attached hydrogen (secondary N) is 2. The number of carbonyl (C=O) groups is 3. The van der Waals surface area contributed by atoms with Gasteiger partial charge in [0.25, 0.3) is 0 Å². The van der Waals surface area contributed by atoms with Crippen molar-refractivity contribution in [2.75, 3.05) is 18.5 Å². The maximum Gasteiger partial charge on any atom is 0.325 e. The van der Waals surface area contributed by atoms with Crippen molar-refractivity contribution in [3.63, 3.8) is 0 Å². The Labute approximate surface area is 122 Å². The third-order valence-corrected chi connectivity index (χ3v) is 2.54. The van der Waals surface area contributed by atoms with Crippen LogP contribution in [-0.4, -0.2) is 36.2 Å². The molecule has 0 spiro atoms. The molecule has 114 valence electrons. The molecule has 21 heavy (non-hydrogen) atoms. The Hall–Kier alpha value is -2.57. The van der Waals surface area contributed by atoms with Gasteiger partial charge in [-0.05, 0) is 31.0 Å². The van der Waals surface area contributed by atoms with Gasteiger partial charge in [-0.3, -0.25) is 9.59 Å². The monoisotopic (exact) mass is 294 g/mol. The molecule has 0 aromatic heterocycles. The molecule has 1 rings (SSSR count). The van der Waals surface area contributed by atoms with E-state index in [1.54, 1.807) is 31.2 Å². The summed E-state index contributed by atoms with van der Waals surface area (Å²) in [5.41, 5.74) is 1.42. The first kappa shape index (κ1) is 16.5. The molecule has 0 saturated carbocycles. The van der Waals surface area contributed by atoms with Crippen molar-refractivity contribution in [3.8, 4) is 0 Å². The van der Waals surface area contributed by atoms with E-state index in [9.17, 15) is 14.4 Å². The minimum absolute atomic E-state index is 0.0623. The van der Waals surface area contributed by atoms with Crippen LogP contribution in [0.1, 0.15) is 18.9 Å². The van der Waals surface area contributed by atoms with Gasteiger partial charge in [-0.25, -0.2) is 4.79 Å². The van der Waals surface area contributed by atoms with Crippen molar-refractivity contribution >= 4 is 23.7 Å². The first-order valence-electron chi connectivity index (χ1n) is 6.52. The summed E-state index contributed by atoms with van der Waals surface area (Å²) in [4.78, 5) is 33.0. The van der Waals surface area contributed by atoms with E-state index in [0.29, 0.717) is 12.1 Å². The highest BCUT2D eigenvalue weighted by Gasteiger charge is 2.06. The van der Waals surface area contributed by atoms with E-state index in [4.69, 9.17) is 5.11 Å². The summed E-state index contributed by atoms with van der Waals surface area (Å²) in [6.45, 7) is 1.75. The van der Waals surface area contributed by atoms with Gasteiger partial charge >= 0.3 is 18.0 Å². The third-order valence-electron chi connectivity index (χ3n) is 2.54. The zero-order valence-electron chi connectivity index (χ0n) is 11.7. The largest absolute Gasteiger partial charge is 0.481 e. The van der Waals surface area contributed by atoms with E-state index in [1.807, 2.05) is 0 Å². The van der Waals surface area contributed by atoms with E-state index < -0.39 is 18.0 Å². The van der Waals surface area contributed by atoms with Crippen molar-refractivity contribution in [1.82, 2.24) is 5.32 Å². The van der Waals surface area contributed by atoms with Crippen molar-refractivity contribution in [3.05, 3.63) is 29.8 Å². The van der Waals surface area contributed by atoms with E-state index in [-0.39, 0.29) is 19.6 Å². The van der Waals surface area contributed by atoms with Crippen LogP contribution in [0, 0.1) is 0 Å². The maximum absolute atomic E-state index is 11.5. The van der Waals surface area contributed by atoms with Crippen LogP contribution >= 0.6 is 0 Å². The van der Waals surface area contributed by atoms with Crippen molar-refractivity contribution in [2.45, 2.75) is 19.8 Å². The number of aliphatic carboxylic acids is 1. The first-order chi connectivity index (χ1) is 10.0. The number of carbonyl (C=O) groups excluding carboxylic acids is 2. The summed E-state index contributed by atoms with van der Waals surface area (Å²) in [6.07, 6.45) is 0.497. The number of benzene rings is 1. The van der Waals surface area contributed by atoms with Crippen LogP contribution in [0.3, 0.4) is 0 Å². The molecule has 0 fully saturated rings. The first-order valence-corrected chi connectivity index (χ1v) is 6.52. The number of carboxylic acids is 1. The molecule has 0 aliphatic rings. The number of amides is 2. The van der Waals surface area contributed by atoms with E-state index in [0.717, 1.165) is 5.56 Å². The summed E-state index contributed by atoms with van der Waals surface area (Å²) < 4.78 is 4.68. The lowest BCUT2D eigenvalue weighted by atomic mass is 10.1. The topological polar surface area (TPSA) is 105 Å². The zero-order valence-corrected chi connectivity index (χ0v) is 11.7. The highest BCUT2D eigenvalue weighted by Crippen LogP contribution is 2.10. The van der Waals surface area contributed by atoms with Gasteiger partial charge in [-0.1, -0.05) is 12.1 Å². The fourth-order valence-corrected chi connectivity index (χ4v) is 1.55. The molecule has 0 aliphatic heterocycles. The van der Waals surface area contributed by atoms with Gasteiger partial charge in [0.2, 0.25) is 0 Å². The van der Waals surface area contributed by atoms with Gasteiger partial charge in [0, 0.05) is 12.1 Å². The number of anilines is 1. The molecule has 0 saturated heterocycles. The average Bonchev–Trinajstić information content (AvgIpc) is 2.45. The summed E-state index contributed by atoms with van der Waals surface area (Å²) in [5.74, 6) is -1.35. The number of urea groups is 1. The van der Waals surface area contributed by atoms with Crippen molar-refractivity contribution in [1.29, 1.82) is 0 Å². The standard InChI is InChI=1S/C14H18N2O5/c1-2-21-13(19)9-15-14(20)16-11-6-3-10(4-7-11)5-8-12(17)18/h3-4,6-7H,2,5,8-9H2,1H3,(H,17,18)(H2,15,16,20). The maximum atomic E-state index is 11.5. The van der Waals surface area contributed by atoms with Gasteiger partial charge < -0.3 is 20.5 Å². The SMILES string of the molecule is CCOC(=O)CNC(=O)Nc1ccc(CCC(=O)O)cc1. The van der Waals surface area contributed by atoms with Gasteiger partial charge in [0.15, 0.2) is 0 Å². The molecule has 0 bridgehead atoms. The minimum atomic E-state index is -0.851. The van der Waals surface area contributed by atoms with E-state index >= 15 is 0 Å². The molecule has 7 heteroatoms. The fourth-order valence-electron chi connectivity index (χ4n) is 1.55. The van der Waals surface area contributed by atoms with Crippen LogP contribution in [0.15, 0.2) is 24.3 Å². The number of hydrogen-bond acceptors (Lipinski definition) is 4. The second-order valence-corrected chi connectivity index (χ2v) is 4.20. The quantitative estimate of drug-likeness (QED) is 0.659. The molecular formula is C14H18N2O5.